The third kappa shape index (κ3) is 8.16. The van der Waals surface area contributed by atoms with Gasteiger partial charge in [0.25, 0.3) is 0 Å². The number of carbonyl (C=O) groups is 1. The first-order valence-corrected chi connectivity index (χ1v) is 10.2. The van der Waals surface area contributed by atoms with Crippen LogP contribution in [0, 0.1) is 0 Å². The number of aliphatic imine (C=N–C) groups is 1. The maximum Gasteiger partial charge on any atom is 2.00 e. The van der Waals surface area contributed by atoms with E-state index in [-0.39, 0.29) is 35.0 Å². The summed E-state index contributed by atoms with van der Waals surface area (Å²) < 4.78 is 0. The molecule has 0 aliphatic rings. The molecular formula is C26H23CuN3O4+2. The second-order valence-electron chi connectivity index (χ2n) is 6.99. The van der Waals surface area contributed by atoms with E-state index in [9.17, 15) is 20.1 Å². The van der Waals surface area contributed by atoms with Crippen LogP contribution < -0.4 is 0 Å². The molecule has 7 nitrogen and oxygen atoms in total. The normalized spacial score (nSPS) is 11.1. The fraction of sp³-hybridized carbons (Fsp3) is 0.0769. The standard InChI is InChI=1S/C16H15NO4.C10H8N2.Cu/c18-13-7-5-11(6-8-13)9-14(16(20)21)17-10-12-3-1-2-4-15(12)19;1-3-7-11-9(5-1)10-6-2-4-8-12-10;/h1-8,10,14,18-19H,9H2,(H,20,21);1-8H;/q;;+2. The van der Waals surface area contributed by atoms with E-state index in [0.717, 1.165) is 17.0 Å². The molecule has 2 aromatic heterocycles. The first kappa shape index (κ1) is 26.3. The van der Waals surface area contributed by atoms with Crippen LogP contribution in [-0.4, -0.2) is 43.5 Å². The Balaban J connectivity index is 0.000000266. The molecule has 3 N–H and O–H groups in total. The largest absolute Gasteiger partial charge is 2.00 e. The molecule has 1 atom stereocenters. The molecule has 0 saturated heterocycles. The van der Waals surface area contributed by atoms with Crippen LogP contribution in [0.15, 0.2) is 102 Å². The Labute approximate surface area is 208 Å². The van der Waals surface area contributed by atoms with Crippen molar-refractivity contribution in [2.75, 3.05) is 0 Å². The molecule has 1 unspecified atom stereocenters. The van der Waals surface area contributed by atoms with Crippen LogP contribution in [0.5, 0.6) is 11.5 Å². The quantitative estimate of drug-likeness (QED) is 0.265. The molecule has 0 fully saturated rings. The molecule has 0 aliphatic carbocycles. The predicted octanol–water partition coefficient (Wildman–Crippen LogP) is 4.35. The van der Waals surface area contributed by atoms with Gasteiger partial charge in [-0.1, -0.05) is 36.4 Å². The zero-order valence-corrected chi connectivity index (χ0v) is 18.9. The number of carboxylic acids is 1. The molecule has 4 rings (SSSR count). The fourth-order valence-corrected chi connectivity index (χ4v) is 2.85. The van der Waals surface area contributed by atoms with Gasteiger partial charge in [-0.25, -0.2) is 4.79 Å². The molecule has 0 amide bonds. The molecule has 2 aromatic carbocycles. The van der Waals surface area contributed by atoms with Crippen LogP contribution >= 0.6 is 0 Å². The van der Waals surface area contributed by atoms with Crippen molar-refractivity contribution in [2.24, 2.45) is 4.99 Å². The molecular weight excluding hydrogens is 482 g/mol. The van der Waals surface area contributed by atoms with Crippen LogP contribution in [0.3, 0.4) is 0 Å². The number of phenols is 2. The third-order valence-electron chi connectivity index (χ3n) is 4.57. The van der Waals surface area contributed by atoms with Crippen LogP contribution in [0.1, 0.15) is 11.1 Å². The minimum absolute atomic E-state index is 0. The molecule has 0 saturated carbocycles. The Morgan fingerprint density at radius 3 is 1.88 bits per heavy atom. The molecule has 1 radical (unpaired) electrons. The summed E-state index contributed by atoms with van der Waals surface area (Å²) >= 11 is 0. The zero-order valence-electron chi connectivity index (χ0n) is 18.0. The summed E-state index contributed by atoms with van der Waals surface area (Å²) in [6.45, 7) is 0. The Kier molecular flexibility index (Phi) is 10.4. The molecule has 34 heavy (non-hydrogen) atoms. The van der Waals surface area contributed by atoms with Gasteiger partial charge in [-0.05, 0) is 54.1 Å². The van der Waals surface area contributed by atoms with Gasteiger partial charge in [0.05, 0.1) is 11.4 Å². The van der Waals surface area contributed by atoms with Gasteiger partial charge in [0.1, 0.15) is 11.5 Å². The Morgan fingerprint density at radius 1 is 0.824 bits per heavy atom. The van der Waals surface area contributed by atoms with E-state index in [1.807, 2.05) is 36.4 Å². The molecule has 2 heterocycles. The molecule has 8 heteroatoms. The second-order valence-corrected chi connectivity index (χ2v) is 6.99. The number of aromatic hydroxyl groups is 2. The van der Waals surface area contributed by atoms with E-state index in [1.54, 1.807) is 42.7 Å². The number of pyridine rings is 2. The summed E-state index contributed by atoms with van der Waals surface area (Å²) in [5.41, 5.74) is 3.06. The minimum atomic E-state index is -1.05. The van der Waals surface area contributed by atoms with E-state index in [4.69, 9.17) is 0 Å². The molecule has 0 bridgehead atoms. The van der Waals surface area contributed by atoms with Crippen LogP contribution in [0.2, 0.25) is 0 Å². The van der Waals surface area contributed by atoms with Gasteiger partial charge in [-0.15, -0.1) is 0 Å². The summed E-state index contributed by atoms with van der Waals surface area (Å²) in [6, 6.07) is 23.5. The Bertz CT molecular complexity index is 1150. The first-order chi connectivity index (χ1) is 16.0. The number of hydrogen-bond acceptors (Lipinski definition) is 6. The van der Waals surface area contributed by atoms with Crippen molar-refractivity contribution in [1.29, 1.82) is 0 Å². The predicted molar refractivity (Wildman–Crippen MR) is 126 cm³/mol. The second kappa shape index (κ2) is 13.5. The maximum absolute atomic E-state index is 11.3. The first-order valence-electron chi connectivity index (χ1n) is 10.2. The van der Waals surface area contributed by atoms with Gasteiger partial charge in [0.15, 0.2) is 6.04 Å². The number of hydrogen-bond donors (Lipinski definition) is 3. The average molecular weight is 505 g/mol. The number of phenolic OH excluding ortho intramolecular Hbond substituents is 2. The van der Waals surface area contributed by atoms with Gasteiger partial charge in [-0.3, -0.25) is 15.0 Å². The summed E-state index contributed by atoms with van der Waals surface area (Å²) in [7, 11) is 0. The molecule has 0 aliphatic heterocycles. The van der Waals surface area contributed by atoms with Gasteiger partial charge < -0.3 is 15.3 Å². The maximum atomic E-state index is 11.3. The fourth-order valence-electron chi connectivity index (χ4n) is 2.85. The summed E-state index contributed by atoms with van der Waals surface area (Å²) in [5, 5.41) is 28.0. The number of benzene rings is 2. The van der Waals surface area contributed by atoms with Crippen molar-refractivity contribution in [1.82, 2.24) is 9.97 Å². The van der Waals surface area contributed by atoms with Crippen molar-refractivity contribution in [2.45, 2.75) is 12.5 Å². The van der Waals surface area contributed by atoms with Crippen LogP contribution in [-0.2, 0) is 28.3 Å². The molecule has 175 valence electrons. The van der Waals surface area contributed by atoms with Crippen LogP contribution in [0.4, 0.5) is 0 Å². The summed E-state index contributed by atoms with van der Waals surface area (Å²) in [4.78, 5) is 23.6. The SMILES string of the molecule is O=C(O)C(Cc1ccc(O)cc1)N=Cc1ccccc1O.[Cu+2].c1ccc(-c2ccccn2)nc1. The monoisotopic (exact) mass is 504 g/mol. The van der Waals surface area contributed by atoms with Gasteiger partial charge >= 0.3 is 23.0 Å². The number of para-hydroxylation sites is 1. The van der Waals surface area contributed by atoms with E-state index >= 15 is 0 Å². The van der Waals surface area contributed by atoms with Gasteiger partial charge in [-0.2, -0.15) is 0 Å². The van der Waals surface area contributed by atoms with E-state index in [1.165, 1.54) is 24.4 Å². The smallest absolute Gasteiger partial charge is 0.508 e. The number of rotatable bonds is 6. The Morgan fingerprint density at radius 2 is 1.38 bits per heavy atom. The Hall–Kier alpha value is -4.00. The zero-order chi connectivity index (χ0) is 23.5. The minimum Gasteiger partial charge on any atom is -0.508 e. The molecule has 0 spiro atoms. The van der Waals surface area contributed by atoms with Crippen LogP contribution in [0.25, 0.3) is 11.4 Å². The number of aromatic nitrogens is 2. The third-order valence-corrected chi connectivity index (χ3v) is 4.57. The molecule has 4 aromatic rings. The topological polar surface area (TPSA) is 116 Å². The number of carboxylic acid groups (broad SMARTS) is 1. The van der Waals surface area contributed by atoms with E-state index in [2.05, 4.69) is 15.0 Å². The van der Waals surface area contributed by atoms with E-state index in [0.29, 0.717) is 5.56 Å². The van der Waals surface area contributed by atoms with Crippen molar-refractivity contribution < 1.29 is 37.2 Å². The summed E-state index contributed by atoms with van der Waals surface area (Å²) in [6.07, 6.45) is 5.10. The number of aliphatic carboxylic acids is 1. The van der Waals surface area contributed by atoms with Gasteiger partial charge in [0, 0.05) is 30.6 Å². The summed E-state index contributed by atoms with van der Waals surface area (Å²) in [5.74, 6) is -0.867. The van der Waals surface area contributed by atoms with Crippen molar-refractivity contribution in [3.05, 3.63) is 108 Å². The van der Waals surface area contributed by atoms with Crippen molar-refractivity contribution in [3.63, 3.8) is 0 Å². The van der Waals surface area contributed by atoms with E-state index < -0.39 is 12.0 Å². The van der Waals surface area contributed by atoms with Gasteiger partial charge in [0.2, 0.25) is 0 Å². The average Bonchev–Trinajstić information content (AvgIpc) is 2.85. The number of nitrogens with zero attached hydrogens (tertiary/aromatic N) is 3. The van der Waals surface area contributed by atoms with Crippen molar-refractivity contribution >= 4 is 12.2 Å². The van der Waals surface area contributed by atoms with Crippen molar-refractivity contribution in [3.8, 4) is 22.9 Å².